The molecule has 0 saturated carbocycles. The molecule has 0 bridgehead atoms. The molecule has 3 amide bonds. The van der Waals surface area contributed by atoms with Gasteiger partial charge in [0.25, 0.3) is 0 Å². The first-order valence-corrected chi connectivity index (χ1v) is 6.29. The van der Waals surface area contributed by atoms with Crippen molar-refractivity contribution in [2.24, 2.45) is 0 Å². The number of nitrogens with zero attached hydrogens (tertiary/aromatic N) is 1. The smallest absolute Gasteiger partial charge is 0.387 e. The maximum absolute atomic E-state index is 13.4. The molecule has 0 aliphatic heterocycles. The third-order valence-corrected chi connectivity index (χ3v) is 2.53. The van der Waals surface area contributed by atoms with Gasteiger partial charge in [-0.2, -0.15) is 8.78 Å². The van der Waals surface area contributed by atoms with Crippen molar-refractivity contribution in [3.05, 3.63) is 24.0 Å². The van der Waals surface area contributed by atoms with E-state index < -0.39 is 24.2 Å². The van der Waals surface area contributed by atoms with Gasteiger partial charge >= 0.3 is 12.6 Å². The predicted molar refractivity (Wildman–Crippen MR) is 73.4 cm³/mol. The first kappa shape index (κ1) is 17.6. The third-order valence-electron chi connectivity index (χ3n) is 2.53. The minimum absolute atomic E-state index is 0.0653. The van der Waals surface area contributed by atoms with Crippen molar-refractivity contribution < 1.29 is 27.5 Å². The summed E-state index contributed by atoms with van der Waals surface area (Å²) in [5, 5.41) is 4.72. The third kappa shape index (κ3) is 5.90. The lowest BCUT2D eigenvalue weighted by Gasteiger charge is -2.11. The quantitative estimate of drug-likeness (QED) is 0.843. The zero-order chi connectivity index (χ0) is 16.7. The SMILES string of the molecule is CN(C)C(=O)CCNC(=O)Nc1ccc(OC(F)F)c(F)c1. The molecule has 0 atom stereocenters. The summed E-state index contributed by atoms with van der Waals surface area (Å²) in [6, 6.07) is 2.40. The zero-order valence-electron chi connectivity index (χ0n) is 12.0. The summed E-state index contributed by atoms with van der Waals surface area (Å²) >= 11 is 0. The van der Waals surface area contributed by atoms with Crippen LogP contribution in [0.2, 0.25) is 0 Å². The number of benzene rings is 1. The van der Waals surface area contributed by atoms with Crippen LogP contribution in [0.3, 0.4) is 0 Å². The largest absolute Gasteiger partial charge is 0.432 e. The Bertz CT molecular complexity index is 539. The van der Waals surface area contributed by atoms with Crippen LogP contribution in [-0.4, -0.2) is 44.1 Å². The fraction of sp³-hybridized carbons (Fsp3) is 0.385. The van der Waals surface area contributed by atoms with Gasteiger partial charge in [-0.15, -0.1) is 0 Å². The van der Waals surface area contributed by atoms with E-state index >= 15 is 0 Å². The second kappa shape index (κ2) is 8.11. The van der Waals surface area contributed by atoms with E-state index in [0.29, 0.717) is 0 Å². The molecule has 22 heavy (non-hydrogen) atoms. The van der Waals surface area contributed by atoms with Crippen LogP contribution in [0.1, 0.15) is 6.42 Å². The number of alkyl halides is 2. The molecular weight excluding hydrogens is 303 g/mol. The minimum Gasteiger partial charge on any atom is -0.432 e. The Morgan fingerprint density at radius 2 is 2.00 bits per heavy atom. The molecule has 0 saturated heterocycles. The molecule has 0 aromatic heterocycles. The number of amides is 3. The number of halogens is 3. The number of urea groups is 1. The van der Waals surface area contributed by atoms with E-state index in [0.717, 1.165) is 12.1 Å². The summed E-state index contributed by atoms with van der Waals surface area (Å²) in [6.07, 6.45) is 0.121. The second-order valence-corrected chi connectivity index (χ2v) is 4.44. The molecule has 1 aromatic rings. The number of hydrogen-bond acceptors (Lipinski definition) is 3. The number of hydrogen-bond donors (Lipinski definition) is 2. The maximum Gasteiger partial charge on any atom is 0.387 e. The van der Waals surface area contributed by atoms with Gasteiger partial charge in [0.1, 0.15) is 0 Å². The van der Waals surface area contributed by atoms with Crippen molar-refractivity contribution in [1.29, 1.82) is 0 Å². The van der Waals surface area contributed by atoms with E-state index in [1.807, 2.05) is 0 Å². The van der Waals surface area contributed by atoms with Gasteiger partial charge in [-0.1, -0.05) is 0 Å². The lowest BCUT2D eigenvalue weighted by molar-refractivity contribution is -0.128. The van der Waals surface area contributed by atoms with Crippen molar-refractivity contribution in [2.45, 2.75) is 13.0 Å². The standard InChI is InChI=1S/C13H16F3N3O3/c1-19(2)11(20)5-6-17-13(21)18-8-3-4-10(9(14)7-8)22-12(15)16/h3-4,7,12H,5-6H2,1-2H3,(H2,17,18,21). The molecule has 1 rings (SSSR count). The maximum atomic E-state index is 13.4. The van der Waals surface area contributed by atoms with Crippen LogP contribution < -0.4 is 15.4 Å². The fourth-order valence-corrected chi connectivity index (χ4v) is 1.45. The van der Waals surface area contributed by atoms with Gasteiger partial charge in [0.15, 0.2) is 11.6 Å². The van der Waals surface area contributed by atoms with Crippen LogP contribution in [-0.2, 0) is 4.79 Å². The second-order valence-electron chi connectivity index (χ2n) is 4.44. The minimum atomic E-state index is -3.13. The van der Waals surface area contributed by atoms with Crippen LogP contribution in [0.5, 0.6) is 5.75 Å². The number of nitrogens with one attached hydrogen (secondary N) is 2. The summed E-state index contributed by atoms with van der Waals surface area (Å²) in [5.41, 5.74) is 0.0653. The van der Waals surface area contributed by atoms with Gasteiger partial charge in [0.2, 0.25) is 5.91 Å². The summed E-state index contributed by atoms with van der Waals surface area (Å²) in [4.78, 5) is 24.2. The highest BCUT2D eigenvalue weighted by atomic mass is 19.3. The summed E-state index contributed by atoms with van der Waals surface area (Å²) < 4.78 is 41.3. The van der Waals surface area contributed by atoms with E-state index in [1.54, 1.807) is 14.1 Å². The van der Waals surface area contributed by atoms with Gasteiger partial charge in [0.05, 0.1) is 0 Å². The van der Waals surface area contributed by atoms with Gasteiger partial charge in [-0.25, -0.2) is 9.18 Å². The van der Waals surface area contributed by atoms with Crippen molar-refractivity contribution in [1.82, 2.24) is 10.2 Å². The Kier molecular flexibility index (Phi) is 6.48. The highest BCUT2D eigenvalue weighted by molar-refractivity contribution is 5.89. The zero-order valence-corrected chi connectivity index (χ0v) is 12.0. The normalized spacial score (nSPS) is 10.3. The van der Waals surface area contributed by atoms with Crippen molar-refractivity contribution >= 4 is 17.6 Å². The first-order valence-electron chi connectivity index (χ1n) is 6.29. The van der Waals surface area contributed by atoms with Crippen LogP contribution >= 0.6 is 0 Å². The van der Waals surface area contributed by atoms with E-state index in [2.05, 4.69) is 15.4 Å². The van der Waals surface area contributed by atoms with Crippen LogP contribution in [0.15, 0.2) is 18.2 Å². The number of ether oxygens (including phenoxy) is 1. The topological polar surface area (TPSA) is 70.7 Å². The molecule has 6 nitrogen and oxygen atoms in total. The first-order chi connectivity index (χ1) is 10.3. The molecule has 0 aliphatic rings. The highest BCUT2D eigenvalue weighted by Crippen LogP contribution is 2.22. The van der Waals surface area contributed by atoms with E-state index in [1.165, 1.54) is 11.0 Å². The molecule has 2 N–H and O–H groups in total. The fourth-order valence-electron chi connectivity index (χ4n) is 1.45. The van der Waals surface area contributed by atoms with E-state index in [4.69, 9.17) is 0 Å². The molecule has 1 aromatic carbocycles. The van der Waals surface area contributed by atoms with E-state index in [9.17, 15) is 22.8 Å². The Morgan fingerprint density at radius 3 is 2.55 bits per heavy atom. The molecule has 9 heteroatoms. The average molecular weight is 319 g/mol. The van der Waals surface area contributed by atoms with E-state index in [-0.39, 0.29) is 24.6 Å². The molecule has 0 fully saturated rings. The van der Waals surface area contributed by atoms with Crippen molar-refractivity contribution in [3.63, 3.8) is 0 Å². The van der Waals surface area contributed by atoms with Crippen LogP contribution in [0.4, 0.5) is 23.7 Å². The molecule has 0 unspecified atom stereocenters. The number of anilines is 1. The molecule has 122 valence electrons. The van der Waals surface area contributed by atoms with Crippen molar-refractivity contribution in [3.8, 4) is 5.75 Å². The summed E-state index contributed by atoms with van der Waals surface area (Å²) in [6.45, 7) is -3.02. The lowest BCUT2D eigenvalue weighted by atomic mass is 10.3. The van der Waals surface area contributed by atoms with Gasteiger partial charge in [-0.05, 0) is 12.1 Å². The molecule has 0 aliphatic carbocycles. The summed E-state index contributed by atoms with van der Waals surface area (Å²) in [7, 11) is 3.18. The van der Waals surface area contributed by atoms with Gasteiger partial charge in [-0.3, -0.25) is 4.79 Å². The number of carbonyl (C=O) groups is 2. The van der Waals surface area contributed by atoms with Gasteiger partial charge in [0, 0.05) is 38.8 Å². The van der Waals surface area contributed by atoms with Crippen LogP contribution in [0, 0.1) is 5.82 Å². The Morgan fingerprint density at radius 1 is 1.32 bits per heavy atom. The van der Waals surface area contributed by atoms with Crippen LogP contribution in [0.25, 0.3) is 0 Å². The molecule has 0 heterocycles. The lowest BCUT2D eigenvalue weighted by Crippen LogP contribution is -2.33. The number of carbonyl (C=O) groups excluding carboxylic acids is 2. The van der Waals surface area contributed by atoms with Crippen molar-refractivity contribution in [2.75, 3.05) is 26.0 Å². The number of rotatable bonds is 6. The Balaban J connectivity index is 2.48. The molecule has 0 spiro atoms. The highest BCUT2D eigenvalue weighted by Gasteiger charge is 2.11. The molecular formula is C13H16F3N3O3. The van der Waals surface area contributed by atoms with Gasteiger partial charge < -0.3 is 20.3 Å². The molecule has 0 radical (unpaired) electrons. The summed E-state index contributed by atoms with van der Waals surface area (Å²) in [5.74, 6) is -1.79. The average Bonchev–Trinajstić information content (AvgIpc) is 2.41. The predicted octanol–water partition coefficient (Wildman–Crippen LogP) is 2.03. The monoisotopic (exact) mass is 319 g/mol. The Labute approximate surface area is 125 Å². The Hall–Kier alpha value is -2.45.